The molecule has 0 atom stereocenters. The first kappa shape index (κ1) is 20.1. The number of aromatic nitrogens is 1. The first-order chi connectivity index (χ1) is 13.4. The lowest BCUT2D eigenvalue weighted by Crippen LogP contribution is -2.17. The minimum Gasteiger partial charge on any atom is -0.419 e. The van der Waals surface area contributed by atoms with Crippen LogP contribution in [-0.2, 0) is 9.84 Å². The van der Waals surface area contributed by atoms with E-state index in [-0.39, 0.29) is 21.7 Å². The van der Waals surface area contributed by atoms with E-state index in [9.17, 15) is 8.42 Å². The van der Waals surface area contributed by atoms with E-state index >= 15 is 0 Å². The van der Waals surface area contributed by atoms with Crippen molar-refractivity contribution >= 4 is 15.7 Å². The number of nitrogens with zero attached hydrogens (tertiary/aromatic N) is 2. The maximum Gasteiger partial charge on any atom is 0.233 e. The lowest BCUT2D eigenvalue weighted by atomic mass is 10.1. The number of benzene rings is 2. The Hall–Kier alpha value is -2.64. The molecule has 0 radical (unpaired) electrons. The molecule has 3 aromatic rings. The topological polar surface area (TPSA) is 75.4 Å². The van der Waals surface area contributed by atoms with Gasteiger partial charge in [0.2, 0.25) is 26.6 Å². The van der Waals surface area contributed by atoms with E-state index < -0.39 is 9.84 Å². The van der Waals surface area contributed by atoms with E-state index in [1.54, 1.807) is 30.3 Å². The van der Waals surface area contributed by atoms with Crippen LogP contribution in [0.25, 0.3) is 11.5 Å². The zero-order valence-corrected chi connectivity index (χ0v) is 17.2. The second kappa shape index (κ2) is 8.58. The van der Waals surface area contributed by atoms with Crippen LogP contribution in [0.2, 0.25) is 0 Å². The van der Waals surface area contributed by atoms with Crippen LogP contribution in [0, 0.1) is 6.92 Å². The molecule has 0 unspecified atom stereocenters. The Morgan fingerprint density at radius 3 is 2.50 bits per heavy atom. The predicted molar refractivity (Wildman–Crippen MR) is 110 cm³/mol. The highest BCUT2D eigenvalue weighted by Gasteiger charge is 2.28. The molecular weight excluding hydrogens is 374 g/mol. The van der Waals surface area contributed by atoms with Crippen molar-refractivity contribution in [2.45, 2.75) is 23.3 Å². The van der Waals surface area contributed by atoms with Crippen molar-refractivity contribution in [2.24, 2.45) is 0 Å². The van der Waals surface area contributed by atoms with Crippen LogP contribution in [0.3, 0.4) is 0 Å². The normalized spacial score (nSPS) is 11.7. The van der Waals surface area contributed by atoms with Gasteiger partial charge in [-0.1, -0.05) is 35.9 Å². The van der Waals surface area contributed by atoms with E-state index in [4.69, 9.17) is 4.42 Å². The van der Waals surface area contributed by atoms with Crippen molar-refractivity contribution in [3.05, 3.63) is 60.2 Å². The molecule has 148 valence electrons. The third-order valence-electron chi connectivity index (χ3n) is 4.24. The van der Waals surface area contributed by atoms with Gasteiger partial charge in [0.1, 0.15) is 0 Å². The van der Waals surface area contributed by atoms with Gasteiger partial charge < -0.3 is 14.6 Å². The maximum atomic E-state index is 13.1. The number of aryl methyl sites for hydroxylation is 1. The summed E-state index contributed by atoms with van der Waals surface area (Å²) in [7, 11) is 0.193. The second-order valence-corrected chi connectivity index (χ2v) is 8.79. The molecule has 0 aliphatic carbocycles. The largest absolute Gasteiger partial charge is 0.419 e. The van der Waals surface area contributed by atoms with Crippen LogP contribution in [-0.4, -0.2) is 45.5 Å². The number of anilines is 1. The standard InChI is InChI=1S/C21H25N3O3S/c1-16-9-7-10-17(15-16)19-23-21(20(27-19)22-13-8-14-24(2)3)28(25,26)18-11-5-4-6-12-18/h4-7,9-12,15,22H,8,13-14H2,1-3H3. The minimum atomic E-state index is -3.80. The first-order valence-electron chi connectivity index (χ1n) is 9.14. The lowest BCUT2D eigenvalue weighted by molar-refractivity contribution is 0.404. The van der Waals surface area contributed by atoms with Crippen molar-refractivity contribution in [3.8, 4) is 11.5 Å². The van der Waals surface area contributed by atoms with Gasteiger partial charge in [0.15, 0.2) is 0 Å². The number of oxazole rings is 1. The van der Waals surface area contributed by atoms with Crippen LogP contribution >= 0.6 is 0 Å². The summed E-state index contributed by atoms with van der Waals surface area (Å²) in [4.78, 5) is 6.62. The Kier molecular flexibility index (Phi) is 6.16. The van der Waals surface area contributed by atoms with Crippen molar-refractivity contribution in [3.63, 3.8) is 0 Å². The van der Waals surface area contributed by atoms with Crippen molar-refractivity contribution in [2.75, 3.05) is 32.5 Å². The van der Waals surface area contributed by atoms with Crippen LogP contribution in [0.15, 0.2) is 68.9 Å². The van der Waals surface area contributed by atoms with Gasteiger partial charge in [-0.05, 0) is 58.3 Å². The average Bonchev–Trinajstić information content (AvgIpc) is 3.11. The minimum absolute atomic E-state index is 0.0833. The molecular formula is C21H25N3O3S. The quantitative estimate of drug-likeness (QED) is 0.580. The van der Waals surface area contributed by atoms with Gasteiger partial charge in [0.25, 0.3) is 0 Å². The molecule has 1 aromatic heterocycles. The molecule has 1 N–H and O–H groups in total. The summed E-state index contributed by atoms with van der Waals surface area (Å²) < 4.78 is 32.1. The highest BCUT2D eigenvalue weighted by molar-refractivity contribution is 7.91. The number of nitrogens with one attached hydrogen (secondary N) is 1. The Morgan fingerprint density at radius 1 is 1.07 bits per heavy atom. The molecule has 3 rings (SSSR count). The number of rotatable bonds is 8. The zero-order chi connectivity index (χ0) is 20.1. The van der Waals surface area contributed by atoms with Gasteiger partial charge in [-0.3, -0.25) is 0 Å². The molecule has 6 nitrogen and oxygen atoms in total. The van der Waals surface area contributed by atoms with E-state index in [2.05, 4.69) is 15.2 Å². The Bertz CT molecular complexity index is 1030. The van der Waals surface area contributed by atoms with E-state index in [0.717, 1.165) is 24.1 Å². The average molecular weight is 400 g/mol. The third kappa shape index (κ3) is 4.61. The van der Waals surface area contributed by atoms with Crippen molar-refractivity contribution < 1.29 is 12.8 Å². The van der Waals surface area contributed by atoms with Gasteiger partial charge in [-0.2, -0.15) is 4.98 Å². The number of sulfone groups is 1. The van der Waals surface area contributed by atoms with Crippen LogP contribution < -0.4 is 5.32 Å². The molecule has 0 saturated heterocycles. The summed E-state index contributed by atoms with van der Waals surface area (Å²) >= 11 is 0. The van der Waals surface area contributed by atoms with Gasteiger partial charge in [-0.15, -0.1) is 0 Å². The molecule has 1 heterocycles. The van der Waals surface area contributed by atoms with E-state index in [1.807, 2.05) is 45.3 Å². The highest BCUT2D eigenvalue weighted by atomic mass is 32.2. The lowest BCUT2D eigenvalue weighted by Gasteiger charge is -2.10. The molecule has 0 aliphatic rings. The van der Waals surface area contributed by atoms with Gasteiger partial charge >= 0.3 is 0 Å². The predicted octanol–water partition coefficient (Wildman–Crippen LogP) is 3.85. The van der Waals surface area contributed by atoms with Gasteiger partial charge in [0, 0.05) is 12.1 Å². The molecule has 0 bridgehead atoms. The maximum absolute atomic E-state index is 13.1. The molecule has 2 aromatic carbocycles. The summed E-state index contributed by atoms with van der Waals surface area (Å²) in [6, 6.07) is 15.9. The van der Waals surface area contributed by atoms with Crippen LogP contribution in [0.4, 0.5) is 5.88 Å². The monoisotopic (exact) mass is 399 g/mol. The van der Waals surface area contributed by atoms with Crippen LogP contribution in [0.1, 0.15) is 12.0 Å². The molecule has 0 saturated carbocycles. The highest BCUT2D eigenvalue weighted by Crippen LogP contribution is 2.32. The molecule has 28 heavy (non-hydrogen) atoms. The van der Waals surface area contributed by atoms with E-state index in [1.165, 1.54) is 0 Å². The van der Waals surface area contributed by atoms with Gasteiger partial charge in [-0.25, -0.2) is 8.42 Å². The molecule has 0 spiro atoms. The van der Waals surface area contributed by atoms with Gasteiger partial charge in [0.05, 0.1) is 4.90 Å². The number of hydrogen-bond acceptors (Lipinski definition) is 6. The molecule has 7 heteroatoms. The molecule has 0 amide bonds. The SMILES string of the molecule is Cc1cccc(-c2nc(S(=O)(=O)c3ccccc3)c(NCCCN(C)C)o2)c1. The summed E-state index contributed by atoms with van der Waals surface area (Å²) in [5.41, 5.74) is 1.79. The van der Waals surface area contributed by atoms with Crippen molar-refractivity contribution in [1.82, 2.24) is 9.88 Å². The fraction of sp³-hybridized carbons (Fsp3) is 0.286. The summed E-state index contributed by atoms with van der Waals surface area (Å²) in [6.45, 7) is 3.43. The fourth-order valence-corrected chi connectivity index (χ4v) is 4.11. The van der Waals surface area contributed by atoms with Crippen LogP contribution in [0.5, 0.6) is 0 Å². The second-order valence-electron chi connectivity index (χ2n) is 6.92. The Balaban J connectivity index is 1.99. The van der Waals surface area contributed by atoms with E-state index in [0.29, 0.717) is 6.54 Å². The zero-order valence-electron chi connectivity index (χ0n) is 16.3. The third-order valence-corrected chi connectivity index (χ3v) is 5.92. The summed E-state index contributed by atoms with van der Waals surface area (Å²) in [5, 5.41) is 3.03. The summed E-state index contributed by atoms with van der Waals surface area (Å²) in [6.07, 6.45) is 0.846. The first-order valence-corrected chi connectivity index (χ1v) is 10.6. The molecule has 0 fully saturated rings. The fourth-order valence-electron chi connectivity index (χ4n) is 2.81. The summed E-state index contributed by atoms with van der Waals surface area (Å²) in [5.74, 6) is 0.465. The Labute approximate surface area is 166 Å². The smallest absolute Gasteiger partial charge is 0.233 e. The Morgan fingerprint density at radius 2 is 1.82 bits per heavy atom. The van der Waals surface area contributed by atoms with Crippen molar-refractivity contribution in [1.29, 1.82) is 0 Å². The number of hydrogen-bond donors (Lipinski definition) is 1. The molecule has 0 aliphatic heterocycles.